The van der Waals surface area contributed by atoms with E-state index in [1.54, 1.807) is 7.11 Å². The van der Waals surface area contributed by atoms with Crippen molar-refractivity contribution < 1.29 is 27.0 Å². The Bertz CT molecular complexity index is 587. The van der Waals surface area contributed by atoms with Gasteiger partial charge in [0.1, 0.15) is 6.61 Å². The lowest BCUT2D eigenvalue weighted by molar-refractivity contribution is -0.00000603. The molecule has 0 atom stereocenters. The van der Waals surface area contributed by atoms with Gasteiger partial charge in [-0.05, 0) is 30.2 Å². The molecule has 2 aromatic carbocycles. The lowest BCUT2D eigenvalue weighted by atomic mass is 10.1. The van der Waals surface area contributed by atoms with Crippen LogP contribution < -0.4 is 27.2 Å². The van der Waals surface area contributed by atoms with Crippen molar-refractivity contribution in [3.63, 3.8) is 0 Å². The molecule has 0 aliphatic heterocycles. The van der Waals surface area contributed by atoms with Crippen LogP contribution in [-0.2, 0) is 13.1 Å². The second-order valence-corrected chi connectivity index (χ2v) is 5.15. The molecule has 0 radical (unpaired) electrons. The summed E-state index contributed by atoms with van der Waals surface area (Å²) in [5.74, 6) is 1.34. The Morgan fingerprint density at radius 1 is 0.957 bits per heavy atom. The van der Waals surface area contributed by atoms with Gasteiger partial charge in [0.2, 0.25) is 0 Å². The van der Waals surface area contributed by atoms with E-state index in [0.29, 0.717) is 11.5 Å². The average molecular weight is 337 g/mol. The lowest BCUT2D eigenvalue weighted by Crippen LogP contribution is -3.00. The average Bonchev–Trinajstić information content (AvgIpc) is 2.55. The zero-order chi connectivity index (χ0) is 15.8. The van der Waals surface area contributed by atoms with Crippen LogP contribution in [0.4, 0.5) is 0 Å². The summed E-state index contributed by atoms with van der Waals surface area (Å²) in [6, 6.07) is 14.3. The van der Waals surface area contributed by atoms with E-state index in [1.165, 1.54) is 11.1 Å². The number of ether oxygens (including phenoxy) is 2. The molecule has 23 heavy (non-hydrogen) atoms. The summed E-state index contributed by atoms with van der Waals surface area (Å²) in [6.45, 7) is 3.92. The van der Waals surface area contributed by atoms with Crippen molar-refractivity contribution in [1.82, 2.24) is 5.32 Å². The van der Waals surface area contributed by atoms with Gasteiger partial charge in [0.25, 0.3) is 0 Å². The first-order chi connectivity index (χ1) is 10.7. The number of hydrogen-bond acceptors (Lipinski definition) is 4. The molecule has 0 aliphatic carbocycles. The van der Waals surface area contributed by atoms with Gasteiger partial charge < -0.3 is 32.3 Å². The van der Waals surface area contributed by atoms with E-state index in [-0.39, 0.29) is 25.6 Å². The highest BCUT2D eigenvalue weighted by Crippen LogP contribution is 2.27. The molecule has 126 valence electrons. The van der Waals surface area contributed by atoms with E-state index in [9.17, 15) is 0 Å². The Kier molecular flexibility index (Phi) is 8.48. The Morgan fingerprint density at radius 3 is 2.26 bits per heavy atom. The predicted octanol–water partition coefficient (Wildman–Crippen LogP) is -0.331. The molecule has 5 heteroatoms. The third-order valence-corrected chi connectivity index (χ3v) is 3.36. The van der Waals surface area contributed by atoms with Crippen LogP contribution in [0.5, 0.6) is 11.5 Å². The van der Waals surface area contributed by atoms with E-state index in [0.717, 1.165) is 18.7 Å². The maximum atomic E-state index is 8.81. The van der Waals surface area contributed by atoms with E-state index < -0.39 is 0 Å². The number of rotatable bonds is 8. The number of nitrogens with one attached hydrogen (secondary N) is 1. The van der Waals surface area contributed by atoms with Crippen LogP contribution in [0.2, 0.25) is 0 Å². The predicted molar refractivity (Wildman–Crippen MR) is 87.3 cm³/mol. The van der Waals surface area contributed by atoms with Gasteiger partial charge in [-0.15, -0.1) is 0 Å². The van der Waals surface area contributed by atoms with Gasteiger partial charge in [0.05, 0.1) is 13.7 Å². The van der Waals surface area contributed by atoms with Gasteiger partial charge in [0, 0.05) is 13.1 Å². The summed E-state index contributed by atoms with van der Waals surface area (Å²) in [5.41, 5.74) is 3.66. The maximum absolute atomic E-state index is 8.81. The van der Waals surface area contributed by atoms with E-state index in [2.05, 4.69) is 36.5 Å². The third kappa shape index (κ3) is 6.10. The van der Waals surface area contributed by atoms with Crippen LogP contribution >= 0.6 is 0 Å². The minimum absolute atomic E-state index is 0. The number of benzene rings is 2. The molecule has 0 spiro atoms. The lowest BCUT2D eigenvalue weighted by Gasteiger charge is -2.12. The molecular weight excluding hydrogens is 314 g/mol. The Balaban J connectivity index is 0.00000264. The number of methoxy groups -OCH3 is 1. The molecule has 0 amide bonds. The fourth-order valence-corrected chi connectivity index (χ4v) is 2.15. The molecule has 0 heterocycles. The van der Waals surface area contributed by atoms with Gasteiger partial charge in [-0.3, -0.25) is 0 Å². The molecule has 0 aliphatic rings. The Morgan fingerprint density at radius 2 is 1.61 bits per heavy atom. The second-order valence-electron chi connectivity index (χ2n) is 5.15. The van der Waals surface area contributed by atoms with Crippen molar-refractivity contribution in [2.45, 2.75) is 20.0 Å². The van der Waals surface area contributed by atoms with Crippen molar-refractivity contribution in [2.75, 3.05) is 20.3 Å². The Labute approximate surface area is 143 Å². The van der Waals surface area contributed by atoms with Crippen LogP contribution in [0.1, 0.15) is 16.7 Å². The van der Waals surface area contributed by atoms with Gasteiger partial charge in [0.15, 0.2) is 11.5 Å². The van der Waals surface area contributed by atoms with Crippen molar-refractivity contribution in [2.24, 2.45) is 0 Å². The third-order valence-electron chi connectivity index (χ3n) is 3.36. The van der Waals surface area contributed by atoms with Gasteiger partial charge in [-0.25, -0.2) is 0 Å². The molecule has 0 bridgehead atoms. The zero-order valence-electron chi connectivity index (χ0n) is 13.5. The first kappa shape index (κ1) is 19.3. The molecule has 2 aromatic rings. The molecular formula is C18H23ClNO3-. The summed E-state index contributed by atoms with van der Waals surface area (Å²) in [6.07, 6.45) is 0. The second kappa shape index (κ2) is 10.1. The number of hydrogen-bond donors (Lipinski definition) is 2. The quantitative estimate of drug-likeness (QED) is 0.693. The number of halogens is 1. The molecule has 0 saturated carbocycles. The van der Waals surface area contributed by atoms with Crippen molar-refractivity contribution in [3.8, 4) is 11.5 Å². The van der Waals surface area contributed by atoms with E-state index >= 15 is 0 Å². The fraction of sp³-hybridized carbons (Fsp3) is 0.333. The minimum atomic E-state index is -0.0109. The van der Waals surface area contributed by atoms with Crippen molar-refractivity contribution in [3.05, 3.63) is 59.2 Å². The summed E-state index contributed by atoms with van der Waals surface area (Å²) in [4.78, 5) is 0. The number of aliphatic hydroxyl groups excluding tert-OH is 1. The summed E-state index contributed by atoms with van der Waals surface area (Å²) >= 11 is 0. The minimum Gasteiger partial charge on any atom is -1.00 e. The molecule has 4 nitrogen and oxygen atoms in total. The molecule has 0 fully saturated rings. The highest BCUT2D eigenvalue weighted by Gasteiger charge is 2.05. The van der Waals surface area contributed by atoms with Crippen LogP contribution in [0, 0.1) is 6.92 Å². The highest BCUT2D eigenvalue weighted by molar-refractivity contribution is 5.43. The van der Waals surface area contributed by atoms with Crippen LogP contribution in [0.25, 0.3) is 0 Å². The van der Waals surface area contributed by atoms with Crippen molar-refractivity contribution >= 4 is 0 Å². The molecule has 2 N–H and O–H groups in total. The molecule has 0 aromatic heterocycles. The smallest absolute Gasteiger partial charge is 0.161 e. The molecule has 2 rings (SSSR count). The van der Waals surface area contributed by atoms with Gasteiger partial charge >= 0.3 is 0 Å². The van der Waals surface area contributed by atoms with Gasteiger partial charge in [-0.2, -0.15) is 0 Å². The van der Waals surface area contributed by atoms with E-state index in [1.807, 2.05) is 18.2 Å². The fourth-order valence-electron chi connectivity index (χ4n) is 2.15. The standard InChI is InChI=1S/C18H23NO3.ClH/c1-14-3-5-15(6-4-14)12-19-13-16-7-8-17(22-10-9-20)18(11-16)21-2;/h3-8,11,19-20H,9-10,12-13H2,1-2H3;1H/p-1. The highest BCUT2D eigenvalue weighted by atomic mass is 35.5. The first-order valence-corrected chi connectivity index (χ1v) is 7.40. The maximum Gasteiger partial charge on any atom is 0.161 e. The monoisotopic (exact) mass is 336 g/mol. The van der Waals surface area contributed by atoms with Crippen LogP contribution in [0.3, 0.4) is 0 Å². The summed E-state index contributed by atoms with van der Waals surface area (Å²) in [5, 5.41) is 12.2. The molecule has 0 saturated heterocycles. The normalized spacial score (nSPS) is 10.0. The van der Waals surface area contributed by atoms with E-state index in [4.69, 9.17) is 14.6 Å². The summed E-state index contributed by atoms with van der Waals surface area (Å²) in [7, 11) is 1.62. The van der Waals surface area contributed by atoms with Crippen molar-refractivity contribution in [1.29, 1.82) is 0 Å². The largest absolute Gasteiger partial charge is 1.00 e. The van der Waals surface area contributed by atoms with Crippen LogP contribution in [-0.4, -0.2) is 25.4 Å². The Hall–Kier alpha value is -1.75. The number of aryl methyl sites for hydroxylation is 1. The topological polar surface area (TPSA) is 50.7 Å². The SMILES string of the molecule is COc1cc(CNCc2ccc(C)cc2)ccc1OCCO.[Cl-]. The zero-order valence-corrected chi connectivity index (χ0v) is 14.3. The van der Waals surface area contributed by atoms with Crippen LogP contribution in [0.15, 0.2) is 42.5 Å². The first-order valence-electron chi connectivity index (χ1n) is 7.40. The summed E-state index contributed by atoms with van der Waals surface area (Å²) < 4.78 is 10.7. The number of aliphatic hydroxyl groups is 1. The van der Waals surface area contributed by atoms with Gasteiger partial charge in [-0.1, -0.05) is 35.9 Å². The molecule has 0 unspecified atom stereocenters.